The lowest BCUT2D eigenvalue weighted by atomic mass is 10.1. The Bertz CT molecular complexity index is 624. The average Bonchev–Trinajstić information content (AvgIpc) is 2.74. The van der Waals surface area contributed by atoms with Crippen molar-refractivity contribution in [2.45, 2.75) is 34.6 Å². The van der Waals surface area contributed by atoms with Crippen molar-refractivity contribution in [3.05, 3.63) is 46.3 Å². The molecule has 4 heteroatoms. The lowest BCUT2D eigenvalue weighted by Gasteiger charge is -2.23. The van der Waals surface area contributed by atoms with Crippen molar-refractivity contribution in [3.8, 4) is 0 Å². The molecule has 2 rings (SSSR count). The zero-order valence-corrected chi connectivity index (χ0v) is 12.7. The molecule has 0 unspecified atom stereocenters. The molecule has 20 heavy (non-hydrogen) atoms. The van der Waals surface area contributed by atoms with E-state index in [-0.39, 0.29) is 5.91 Å². The SMILES string of the molecule is CCN(C(=O)c1c(C)noc1C)c1cc(C)ccc1C. The van der Waals surface area contributed by atoms with Crippen molar-refractivity contribution in [2.75, 3.05) is 11.4 Å². The van der Waals surface area contributed by atoms with Crippen LogP contribution in [0, 0.1) is 27.7 Å². The first-order valence-electron chi connectivity index (χ1n) is 6.77. The maximum Gasteiger partial charge on any atom is 0.263 e. The second-order valence-electron chi connectivity index (χ2n) is 5.04. The van der Waals surface area contributed by atoms with Crippen LogP contribution in [0.1, 0.15) is 39.9 Å². The Morgan fingerprint density at radius 1 is 1.25 bits per heavy atom. The molecule has 106 valence electrons. The van der Waals surface area contributed by atoms with Gasteiger partial charge in [-0.25, -0.2) is 0 Å². The molecule has 0 saturated carbocycles. The van der Waals surface area contributed by atoms with Gasteiger partial charge in [-0.15, -0.1) is 0 Å². The van der Waals surface area contributed by atoms with E-state index in [1.54, 1.807) is 18.7 Å². The van der Waals surface area contributed by atoms with E-state index in [9.17, 15) is 4.79 Å². The first-order valence-corrected chi connectivity index (χ1v) is 6.77. The predicted molar refractivity (Wildman–Crippen MR) is 79.2 cm³/mol. The quantitative estimate of drug-likeness (QED) is 0.858. The van der Waals surface area contributed by atoms with E-state index in [0.29, 0.717) is 23.6 Å². The van der Waals surface area contributed by atoms with Crippen molar-refractivity contribution in [1.82, 2.24) is 5.16 Å². The third-order valence-corrected chi connectivity index (χ3v) is 3.46. The zero-order valence-electron chi connectivity index (χ0n) is 12.7. The topological polar surface area (TPSA) is 46.3 Å². The van der Waals surface area contributed by atoms with E-state index in [1.165, 1.54) is 0 Å². The molecule has 0 aliphatic heterocycles. The highest BCUT2D eigenvalue weighted by Crippen LogP contribution is 2.25. The van der Waals surface area contributed by atoms with Gasteiger partial charge >= 0.3 is 0 Å². The monoisotopic (exact) mass is 272 g/mol. The number of amides is 1. The van der Waals surface area contributed by atoms with Gasteiger partial charge in [0.25, 0.3) is 5.91 Å². The zero-order chi connectivity index (χ0) is 14.9. The maximum atomic E-state index is 12.8. The van der Waals surface area contributed by atoms with E-state index in [0.717, 1.165) is 16.8 Å². The Balaban J connectivity index is 2.47. The van der Waals surface area contributed by atoms with Gasteiger partial charge in [-0.1, -0.05) is 17.3 Å². The fourth-order valence-corrected chi connectivity index (χ4v) is 2.36. The molecule has 0 saturated heterocycles. The molecule has 0 aliphatic carbocycles. The molecule has 1 aromatic heterocycles. The van der Waals surface area contributed by atoms with Crippen molar-refractivity contribution in [3.63, 3.8) is 0 Å². The minimum atomic E-state index is -0.0579. The second kappa shape index (κ2) is 5.49. The van der Waals surface area contributed by atoms with Gasteiger partial charge in [-0.3, -0.25) is 4.79 Å². The van der Waals surface area contributed by atoms with Gasteiger partial charge in [0, 0.05) is 12.2 Å². The van der Waals surface area contributed by atoms with Crippen LogP contribution in [0.4, 0.5) is 5.69 Å². The summed E-state index contributed by atoms with van der Waals surface area (Å²) in [7, 11) is 0. The molecule has 0 N–H and O–H groups in total. The summed E-state index contributed by atoms with van der Waals surface area (Å²) in [6, 6.07) is 6.12. The number of carbonyl (C=O) groups excluding carboxylic acids is 1. The summed E-state index contributed by atoms with van der Waals surface area (Å²) in [5.41, 5.74) is 4.36. The fourth-order valence-electron chi connectivity index (χ4n) is 2.36. The van der Waals surface area contributed by atoms with E-state index >= 15 is 0 Å². The Hall–Kier alpha value is -2.10. The van der Waals surface area contributed by atoms with E-state index in [1.807, 2.05) is 39.0 Å². The van der Waals surface area contributed by atoms with Gasteiger partial charge < -0.3 is 9.42 Å². The summed E-state index contributed by atoms with van der Waals surface area (Å²) in [4.78, 5) is 14.5. The average molecular weight is 272 g/mol. The lowest BCUT2D eigenvalue weighted by molar-refractivity contribution is 0.0986. The van der Waals surface area contributed by atoms with Gasteiger partial charge in [-0.05, 0) is 51.8 Å². The first kappa shape index (κ1) is 14.3. The third-order valence-electron chi connectivity index (χ3n) is 3.46. The van der Waals surface area contributed by atoms with Crippen molar-refractivity contribution in [2.24, 2.45) is 0 Å². The van der Waals surface area contributed by atoms with Gasteiger partial charge in [-0.2, -0.15) is 0 Å². The standard InChI is InChI=1S/C16H20N2O2/c1-6-18(14-9-10(2)7-8-11(14)3)16(19)15-12(4)17-20-13(15)5/h7-9H,6H2,1-5H3. The number of nitrogens with zero attached hydrogens (tertiary/aromatic N) is 2. The Kier molecular flexibility index (Phi) is 3.93. The third kappa shape index (κ3) is 2.46. The van der Waals surface area contributed by atoms with Gasteiger partial charge in [0.1, 0.15) is 11.3 Å². The highest BCUT2D eigenvalue weighted by atomic mass is 16.5. The molecule has 1 heterocycles. The van der Waals surface area contributed by atoms with Crippen molar-refractivity contribution >= 4 is 11.6 Å². The van der Waals surface area contributed by atoms with Crippen LogP contribution >= 0.6 is 0 Å². The molecule has 0 aliphatic rings. The summed E-state index contributed by atoms with van der Waals surface area (Å²) >= 11 is 0. The fraction of sp³-hybridized carbons (Fsp3) is 0.375. The second-order valence-corrected chi connectivity index (χ2v) is 5.04. The molecule has 4 nitrogen and oxygen atoms in total. The molecule has 2 aromatic rings. The van der Waals surface area contributed by atoms with Crippen LogP contribution < -0.4 is 4.90 Å². The van der Waals surface area contributed by atoms with E-state index in [2.05, 4.69) is 5.16 Å². The number of benzene rings is 1. The van der Waals surface area contributed by atoms with Crippen molar-refractivity contribution in [1.29, 1.82) is 0 Å². The minimum Gasteiger partial charge on any atom is -0.361 e. The molecule has 0 bridgehead atoms. The number of carbonyl (C=O) groups is 1. The smallest absolute Gasteiger partial charge is 0.263 e. The van der Waals surface area contributed by atoms with E-state index in [4.69, 9.17) is 4.52 Å². The van der Waals surface area contributed by atoms with E-state index < -0.39 is 0 Å². The first-order chi connectivity index (χ1) is 9.45. The molecular weight excluding hydrogens is 252 g/mol. The molecular formula is C16H20N2O2. The maximum absolute atomic E-state index is 12.8. The largest absolute Gasteiger partial charge is 0.361 e. The Labute approximate surface area is 119 Å². The van der Waals surface area contributed by atoms with Crippen LogP contribution in [0.3, 0.4) is 0 Å². The molecule has 0 spiro atoms. The minimum absolute atomic E-state index is 0.0579. The summed E-state index contributed by atoms with van der Waals surface area (Å²) in [5.74, 6) is 0.508. The number of aryl methyl sites for hydroxylation is 4. The Morgan fingerprint density at radius 3 is 2.50 bits per heavy atom. The molecule has 0 fully saturated rings. The normalized spacial score (nSPS) is 10.7. The number of rotatable bonds is 3. The summed E-state index contributed by atoms with van der Waals surface area (Å²) in [6.45, 7) is 10.2. The molecule has 0 atom stereocenters. The van der Waals surface area contributed by atoms with Crippen LogP contribution in [-0.4, -0.2) is 17.6 Å². The number of anilines is 1. The Morgan fingerprint density at radius 2 is 1.95 bits per heavy atom. The summed E-state index contributed by atoms with van der Waals surface area (Å²) in [5, 5.41) is 3.87. The van der Waals surface area contributed by atoms with Crippen LogP contribution in [-0.2, 0) is 0 Å². The number of aromatic nitrogens is 1. The van der Waals surface area contributed by atoms with Crippen molar-refractivity contribution < 1.29 is 9.32 Å². The molecule has 0 radical (unpaired) electrons. The molecule has 1 amide bonds. The van der Waals surface area contributed by atoms with Gasteiger partial charge in [0.05, 0.1) is 5.69 Å². The number of hydrogen-bond donors (Lipinski definition) is 0. The predicted octanol–water partition coefficient (Wildman–Crippen LogP) is 3.57. The number of hydrogen-bond acceptors (Lipinski definition) is 3. The summed E-state index contributed by atoms with van der Waals surface area (Å²) < 4.78 is 5.10. The van der Waals surface area contributed by atoms with Crippen LogP contribution in [0.2, 0.25) is 0 Å². The van der Waals surface area contributed by atoms with Crippen LogP contribution in [0.5, 0.6) is 0 Å². The highest BCUT2D eigenvalue weighted by Gasteiger charge is 2.24. The lowest BCUT2D eigenvalue weighted by Crippen LogP contribution is -2.32. The highest BCUT2D eigenvalue weighted by molar-refractivity contribution is 6.07. The van der Waals surface area contributed by atoms with Crippen LogP contribution in [0.15, 0.2) is 22.7 Å². The summed E-state index contributed by atoms with van der Waals surface area (Å²) in [6.07, 6.45) is 0. The molecule has 1 aromatic carbocycles. The van der Waals surface area contributed by atoms with Gasteiger partial charge in [0.15, 0.2) is 0 Å². The van der Waals surface area contributed by atoms with Gasteiger partial charge in [0.2, 0.25) is 0 Å². The van der Waals surface area contributed by atoms with Crippen LogP contribution in [0.25, 0.3) is 0 Å².